The van der Waals surface area contributed by atoms with E-state index in [0.717, 1.165) is 22.4 Å². The van der Waals surface area contributed by atoms with Crippen LogP contribution in [0.25, 0.3) is 16.8 Å². The first-order chi connectivity index (χ1) is 13.8. The molecule has 2 aromatic carbocycles. The molecule has 0 aliphatic carbocycles. The molecular weight excluding hydrogens is 435 g/mol. The van der Waals surface area contributed by atoms with Crippen LogP contribution in [0.1, 0.15) is 27.3 Å². The largest absolute Gasteiger partial charge is 0.319 e. The van der Waals surface area contributed by atoms with Gasteiger partial charge in [-0.2, -0.15) is 5.10 Å². The highest BCUT2D eigenvalue weighted by atomic mass is 79.9. The van der Waals surface area contributed by atoms with E-state index in [4.69, 9.17) is 0 Å². The zero-order valence-electron chi connectivity index (χ0n) is 16.1. The Morgan fingerprint density at radius 2 is 1.93 bits per heavy atom. The van der Waals surface area contributed by atoms with Crippen LogP contribution in [0.15, 0.2) is 53.1 Å². The average Bonchev–Trinajstić information content (AvgIpc) is 3.01. The number of nitrogens with zero attached hydrogens (tertiary/aromatic N) is 3. The molecule has 2 aromatic heterocycles. The van der Waals surface area contributed by atoms with E-state index < -0.39 is 11.7 Å². The molecule has 0 saturated carbocycles. The first kappa shape index (κ1) is 19.3. The summed E-state index contributed by atoms with van der Waals surface area (Å²) in [5, 5.41) is 7.20. The third kappa shape index (κ3) is 3.53. The Hall–Kier alpha value is -3.06. The normalized spacial score (nSPS) is 11.1. The second-order valence-corrected chi connectivity index (χ2v) is 7.82. The highest BCUT2D eigenvalue weighted by Crippen LogP contribution is 2.29. The topological polar surface area (TPSA) is 59.3 Å². The summed E-state index contributed by atoms with van der Waals surface area (Å²) in [6.45, 7) is 5.75. The number of aryl methyl sites for hydroxylation is 3. The maximum atomic E-state index is 14.1. The van der Waals surface area contributed by atoms with E-state index >= 15 is 0 Å². The summed E-state index contributed by atoms with van der Waals surface area (Å²) in [4.78, 5) is 17.3. The fraction of sp³-hybridized carbons (Fsp3) is 0.136. The SMILES string of the molecule is Cc1cccc(-c2c(C)nn3c(C)c(C(=O)Nc4ccc(Br)cc4F)cnc23)c1. The van der Waals surface area contributed by atoms with Crippen LogP contribution in [0, 0.1) is 26.6 Å². The van der Waals surface area contributed by atoms with E-state index in [0.29, 0.717) is 21.4 Å². The number of hydrogen-bond donors (Lipinski definition) is 1. The smallest absolute Gasteiger partial charge is 0.259 e. The summed E-state index contributed by atoms with van der Waals surface area (Å²) in [7, 11) is 0. The molecule has 0 bridgehead atoms. The lowest BCUT2D eigenvalue weighted by Gasteiger charge is -2.10. The van der Waals surface area contributed by atoms with Gasteiger partial charge in [-0.05, 0) is 44.5 Å². The molecular formula is C22H18BrFN4O. The van der Waals surface area contributed by atoms with Gasteiger partial charge in [0.05, 0.1) is 22.6 Å². The van der Waals surface area contributed by atoms with Crippen molar-refractivity contribution in [2.24, 2.45) is 0 Å². The summed E-state index contributed by atoms with van der Waals surface area (Å²) in [6, 6.07) is 12.6. The van der Waals surface area contributed by atoms with Crippen LogP contribution >= 0.6 is 15.9 Å². The number of amides is 1. The van der Waals surface area contributed by atoms with Crippen LogP contribution in [-0.2, 0) is 0 Å². The Kier molecular flexibility index (Phi) is 4.92. The van der Waals surface area contributed by atoms with Gasteiger partial charge < -0.3 is 5.32 Å². The molecule has 0 radical (unpaired) electrons. The van der Waals surface area contributed by atoms with Crippen molar-refractivity contribution in [3.63, 3.8) is 0 Å². The molecule has 0 aliphatic rings. The standard InChI is InChI=1S/C22H18BrFN4O/c1-12-5-4-6-15(9-12)20-13(2)27-28-14(3)17(11-25-21(20)28)22(29)26-19-8-7-16(23)10-18(19)24/h4-11H,1-3H3,(H,26,29). The van der Waals surface area contributed by atoms with Gasteiger partial charge in [-0.1, -0.05) is 45.8 Å². The Balaban J connectivity index is 1.76. The first-order valence-electron chi connectivity index (χ1n) is 9.03. The van der Waals surface area contributed by atoms with Gasteiger partial charge in [0, 0.05) is 16.2 Å². The maximum absolute atomic E-state index is 14.1. The van der Waals surface area contributed by atoms with Crippen molar-refractivity contribution < 1.29 is 9.18 Å². The molecule has 4 rings (SSSR count). The van der Waals surface area contributed by atoms with Gasteiger partial charge in [-0.15, -0.1) is 0 Å². The predicted molar refractivity (Wildman–Crippen MR) is 115 cm³/mol. The Bertz CT molecular complexity index is 1270. The number of rotatable bonds is 3. The number of hydrogen-bond acceptors (Lipinski definition) is 3. The molecule has 0 unspecified atom stereocenters. The van der Waals surface area contributed by atoms with Gasteiger partial charge >= 0.3 is 0 Å². The van der Waals surface area contributed by atoms with Crippen molar-refractivity contribution in [1.29, 1.82) is 0 Å². The third-order valence-electron chi connectivity index (χ3n) is 4.79. The van der Waals surface area contributed by atoms with Crippen molar-refractivity contribution in [3.8, 4) is 11.1 Å². The van der Waals surface area contributed by atoms with E-state index in [1.165, 1.54) is 18.3 Å². The highest BCUT2D eigenvalue weighted by Gasteiger charge is 2.19. The number of halogens is 2. The number of anilines is 1. The molecule has 7 heteroatoms. The predicted octanol–water partition coefficient (Wildman–Crippen LogP) is 5.48. The van der Waals surface area contributed by atoms with E-state index in [1.54, 1.807) is 17.5 Å². The molecule has 2 heterocycles. The number of nitrogens with one attached hydrogen (secondary N) is 1. The van der Waals surface area contributed by atoms with Crippen molar-refractivity contribution in [2.45, 2.75) is 20.8 Å². The summed E-state index contributed by atoms with van der Waals surface area (Å²) in [5.74, 6) is -0.959. The lowest BCUT2D eigenvalue weighted by molar-refractivity contribution is 0.102. The van der Waals surface area contributed by atoms with Gasteiger partial charge in [0.15, 0.2) is 5.65 Å². The number of benzene rings is 2. The molecule has 4 aromatic rings. The zero-order chi connectivity index (χ0) is 20.7. The molecule has 29 heavy (non-hydrogen) atoms. The minimum Gasteiger partial charge on any atom is -0.319 e. The van der Waals surface area contributed by atoms with Crippen LogP contribution in [0.3, 0.4) is 0 Å². The summed E-state index contributed by atoms with van der Waals surface area (Å²) >= 11 is 3.20. The highest BCUT2D eigenvalue weighted by molar-refractivity contribution is 9.10. The molecule has 0 atom stereocenters. The summed E-state index contributed by atoms with van der Waals surface area (Å²) < 4.78 is 16.3. The zero-order valence-corrected chi connectivity index (χ0v) is 17.7. The minimum absolute atomic E-state index is 0.106. The monoisotopic (exact) mass is 452 g/mol. The molecule has 1 N–H and O–H groups in total. The van der Waals surface area contributed by atoms with Gasteiger partial charge in [0.25, 0.3) is 5.91 Å². The molecule has 1 amide bonds. The fourth-order valence-corrected chi connectivity index (χ4v) is 3.68. The minimum atomic E-state index is -0.518. The molecule has 0 aliphatic heterocycles. The van der Waals surface area contributed by atoms with Crippen LogP contribution in [0.2, 0.25) is 0 Å². The fourth-order valence-electron chi connectivity index (χ4n) is 3.34. The Morgan fingerprint density at radius 3 is 2.66 bits per heavy atom. The Labute approximate surface area is 175 Å². The molecule has 0 saturated heterocycles. The lowest BCUT2D eigenvalue weighted by Crippen LogP contribution is -2.17. The van der Waals surface area contributed by atoms with Crippen molar-refractivity contribution in [3.05, 3.63) is 81.5 Å². The van der Waals surface area contributed by atoms with E-state index in [2.05, 4.69) is 37.4 Å². The lowest BCUT2D eigenvalue weighted by atomic mass is 10.0. The molecule has 0 spiro atoms. The quantitative estimate of drug-likeness (QED) is 0.447. The average molecular weight is 453 g/mol. The van der Waals surface area contributed by atoms with Crippen LogP contribution < -0.4 is 5.32 Å². The molecule has 0 fully saturated rings. The van der Waals surface area contributed by atoms with Crippen LogP contribution in [-0.4, -0.2) is 20.5 Å². The number of aromatic nitrogens is 3. The second-order valence-electron chi connectivity index (χ2n) is 6.90. The molecule has 5 nitrogen and oxygen atoms in total. The molecule has 146 valence electrons. The van der Waals surface area contributed by atoms with Gasteiger partial charge in [-0.3, -0.25) is 4.79 Å². The van der Waals surface area contributed by atoms with Gasteiger partial charge in [0.2, 0.25) is 0 Å². The first-order valence-corrected chi connectivity index (χ1v) is 9.83. The summed E-state index contributed by atoms with van der Waals surface area (Å²) in [5.41, 5.74) is 5.67. The van der Waals surface area contributed by atoms with E-state index in [1.807, 2.05) is 32.0 Å². The van der Waals surface area contributed by atoms with Crippen LogP contribution in [0.4, 0.5) is 10.1 Å². The van der Waals surface area contributed by atoms with Gasteiger partial charge in [0.1, 0.15) is 5.82 Å². The number of carbonyl (C=O) groups is 1. The van der Waals surface area contributed by atoms with Crippen LogP contribution in [0.5, 0.6) is 0 Å². The van der Waals surface area contributed by atoms with Crippen molar-refractivity contribution in [1.82, 2.24) is 14.6 Å². The van der Waals surface area contributed by atoms with Crippen molar-refractivity contribution in [2.75, 3.05) is 5.32 Å². The number of carbonyl (C=O) groups excluding carboxylic acids is 1. The van der Waals surface area contributed by atoms with Gasteiger partial charge in [-0.25, -0.2) is 13.9 Å². The Morgan fingerprint density at radius 1 is 1.14 bits per heavy atom. The second kappa shape index (κ2) is 7.40. The van der Waals surface area contributed by atoms with E-state index in [9.17, 15) is 9.18 Å². The number of fused-ring (bicyclic) bond motifs is 1. The van der Waals surface area contributed by atoms with Crippen molar-refractivity contribution >= 4 is 33.2 Å². The third-order valence-corrected chi connectivity index (χ3v) is 5.28. The maximum Gasteiger partial charge on any atom is 0.259 e. The summed E-state index contributed by atoms with van der Waals surface area (Å²) in [6.07, 6.45) is 1.51. The van der Waals surface area contributed by atoms with E-state index in [-0.39, 0.29) is 5.69 Å².